The van der Waals surface area contributed by atoms with Gasteiger partial charge in [-0.2, -0.15) is 0 Å². The van der Waals surface area contributed by atoms with Gasteiger partial charge in [-0.25, -0.2) is 0 Å². The monoisotopic (exact) mass is 451 g/mol. The van der Waals surface area contributed by atoms with Gasteiger partial charge in [0.25, 0.3) is 0 Å². The third kappa shape index (κ3) is 6.59. The van der Waals surface area contributed by atoms with E-state index in [4.69, 9.17) is 18.9 Å². The molecule has 2 aromatic carbocycles. The van der Waals surface area contributed by atoms with E-state index in [1.54, 1.807) is 18.2 Å². The average Bonchev–Trinajstić information content (AvgIpc) is 2.85. The van der Waals surface area contributed by atoms with Gasteiger partial charge in [-0.05, 0) is 67.7 Å². The molecule has 0 spiro atoms. The van der Waals surface area contributed by atoms with Crippen LogP contribution in [0.1, 0.15) is 54.4 Å². The molecule has 0 radical (unpaired) electrons. The maximum atomic E-state index is 13.2. The van der Waals surface area contributed by atoms with E-state index in [0.29, 0.717) is 30.3 Å². The van der Waals surface area contributed by atoms with Gasteiger partial charge in [0.1, 0.15) is 11.5 Å². The summed E-state index contributed by atoms with van der Waals surface area (Å²) in [7, 11) is 4.00. The van der Waals surface area contributed by atoms with E-state index in [1.165, 1.54) is 0 Å². The zero-order valence-electron chi connectivity index (χ0n) is 19.5. The first-order chi connectivity index (χ1) is 16.1. The van der Waals surface area contributed by atoms with Crippen LogP contribution in [0.3, 0.4) is 0 Å². The Morgan fingerprint density at radius 3 is 2.18 bits per heavy atom. The number of hydrogen-bond acceptors (Lipinski definition) is 6. The summed E-state index contributed by atoms with van der Waals surface area (Å²) < 4.78 is 23.5. The summed E-state index contributed by atoms with van der Waals surface area (Å²) >= 11 is 0. The molecular formula is C27H33NO5. The Bertz CT molecular complexity index is 941. The fourth-order valence-electron chi connectivity index (χ4n) is 3.92. The van der Waals surface area contributed by atoms with Crippen molar-refractivity contribution in [2.75, 3.05) is 32.2 Å². The van der Waals surface area contributed by atoms with Crippen LogP contribution in [-0.4, -0.2) is 45.7 Å². The van der Waals surface area contributed by atoms with Gasteiger partial charge in [-0.15, -0.1) is 0 Å². The second kappa shape index (κ2) is 11.3. The first-order valence-electron chi connectivity index (χ1n) is 11.8. The van der Waals surface area contributed by atoms with Crippen molar-refractivity contribution in [1.82, 2.24) is 0 Å². The second-order valence-corrected chi connectivity index (χ2v) is 8.67. The minimum Gasteiger partial charge on any atom is -0.465 e. The lowest BCUT2D eigenvalue weighted by Crippen LogP contribution is -2.26. The van der Waals surface area contributed by atoms with Gasteiger partial charge in [-0.1, -0.05) is 18.2 Å². The van der Waals surface area contributed by atoms with Crippen LogP contribution in [-0.2, 0) is 9.47 Å². The minimum atomic E-state index is -0.332. The Balaban J connectivity index is 1.53. The first kappa shape index (κ1) is 23.3. The molecule has 0 aliphatic carbocycles. The Hall–Kier alpha value is -2.83. The predicted octanol–water partition coefficient (Wildman–Crippen LogP) is 5.46. The zero-order valence-corrected chi connectivity index (χ0v) is 19.5. The van der Waals surface area contributed by atoms with E-state index in [9.17, 15) is 4.79 Å². The number of anilines is 1. The van der Waals surface area contributed by atoms with Crippen molar-refractivity contribution in [1.29, 1.82) is 0 Å². The molecule has 0 aromatic heterocycles. The maximum Gasteiger partial charge on any atom is 0.199 e. The number of carbonyl (C=O) groups is 1. The summed E-state index contributed by atoms with van der Waals surface area (Å²) in [6.07, 6.45) is 8.67. The van der Waals surface area contributed by atoms with Gasteiger partial charge in [0.2, 0.25) is 0 Å². The Labute approximate surface area is 196 Å². The molecule has 2 aliphatic rings. The topological polar surface area (TPSA) is 57.2 Å². The molecule has 2 fully saturated rings. The van der Waals surface area contributed by atoms with Gasteiger partial charge in [0.15, 0.2) is 18.4 Å². The summed E-state index contributed by atoms with van der Waals surface area (Å²) in [5.41, 5.74) is 2.52. The standard InChI is InChI=1S/C27H33NO5/c1-28(2)21-12-9-20(10-13-21)11-15-24(29)23-19-22(32-26-7-3-5-17-30-26)14-16-25(23)33-27-8-4-6-18-31-27/h9-16,19,26-27H,3-8,17-18H2,1-2H3/b15-11+. The fraction of sp³-hybridized carbons (Fsp3) is 0.444. The molecule has 0 amide bonds. The van der Waals surface area contributed by atoms with E-state index in [-0.39, 0.29) is 18.4 Å². The number of ketones is 1. The van der Waals surface area contributed by atoms with Gasteiger partial charge < -0.3 is 23.8 Å². The van der Waals surface area contributed by atoms with Crippen molar-refractivity contribution in [3.05, 3.63) is 59.7 Å². The molecule has 2 unspecified atom stereocenters. The van der Waals surface area contributed by atoms with Crippen molar-refractivity contribution >= 4 is 17.5 Å². The SMILES string of the molecule is CN(C)c1ccc(/C=C/C(=O)c2cc(OC3CCCCO3)ccc2OC2CCCCO2)cc1. The van der Waals surface area contributed by atoms with Crippen LogP contribution in [0.2, 0.25) is 0 Å². The second-order valence-electron chi connectivity index (χ2n) is 8.67. The van der Waals surface area contributed by atoms with E-state index in [1.807, 2.05) is 55.4 Å². The van der Waals surface area contributed by atoms with Gasteiger partial charge >= 0.3 is 0 Å². The normalized spacial score (nSPS) is 21.0. The summed E-state index contributed by atoms with van der Waals surface area (Å²) in [5, 5.41) is 0. The summed E-state index contributed by atoms with van der Waals surface area (Å²) in [4.78, 5) is 15.2. The fourth-order valence-corrected chi connectivity index (χ4v) is 3.92. The largest absolute Gasteiger partial charge is 0.465 e. The smallest absolute Gasteiger partial charge is 0.199 e. The Morgan fingerprint density at radius 2 is 1.58 bits per heavy atom. The number of allylic oxidation sites excluding steroid dienone is 1. The van der Waals surface area contributed by atoms with Crippen molar-refractivity contribution in [3.63, 3.8) is 0 Å². The average molecular weight is 452 g/mol. The van der Waals surface area contributed by atoms with Crippen LogP contribution in [0.25, 0.3) is 6.08 Å². The van der Waals surface area contributed by atoms with Crippen LogP contribution in [0.5, 0.6) is 11.5 Å². The highest BCUT2D eigenvalue weighted by atomic mass is 16.7. The Morgan fingerprint density at radius 1 is 0.909 bits per heavy atom. The van der Waals surface area contributed by atoms with E-state index in [0.717, 1.165) is 49.8 Å². The number of ether oxygens (including phenoxy) is 4. The van der Waals surface area contributed by atoms with Gasteiger partial charge in [0.05, 0.1) is 18.8 Å². The lowest BCUT2D eigenvalue weighted by atomic mass is 10.1. The molecule has 0 N–H and O–H groups in total. The summed E-state index contributed by atoms with van der Waals surface area (Å²) in [6, 6.07) is 13.4. The third-order valence-corrected chi connectivity index (χ3v) is 5.85. The molecule has 33 heavy (non-hydrogen) atoms. The Kier molecular flexibility index (Phi) is 8.02. The van der Waals surface area contributed by atoms with Crippen molar-refractivity contribution in [2.45, 2.75) is 51.1 Å². The summed E-state index contributed by atoms with van der Waals surface area (Å²) in [6.45, 7) is 1.38. The predicted molar refractivity (Wildman–Crippen MR) is 129 cm³/mol. The van der Waals surface area contributed by atoms with Crippen molar-refractivity contribution in [3.8, 4) is 11.5 Å². The van der Waals surface area contributed by atoms with Crippen LogP contribution < -0.4 is 14.4 Å². The minimum absolute atomic E-state index is 0.146. The summed E-state index contributed by atoms with van der Waals surface area (Å²) in [5.74, 6) is 0.967. The molecule has 2 aromatic rings. The first-order valence-corrected chi connectivity index (χ1v) is 11.8. The van der Waals surface area contributed by atoms with Crippen LogP contribution in [0, 0.1) is 0 Å². The highest BCUT2D eigenvalue weighted by Gasteiger charge is 2.21. The van der Waals surface area contributed by atoms with Crippen LogP contribution in [0.15, 0.2) is 48.5 Å². The molecule has 2 aliphatic heterocycles. The zero-order chi connectivity index (χ0) is 23.0. The lowest BCUT2D eigenvalue weighted by molar-refractivity contribution is -0.107. The van der Waals surface area contributed by atoms with E-state index in [2.05, 4.69) is 0 Å². The van der Waals surface area contributed by atoms with Crippen molar-refractivity contribution < 1.29 is 23.7 Å². The molecule has 0 saturated carbocycles. The number of carbonyl (C=O) groups excluding carboxylic acids is 1. The quantitative estimate of drug-likeness (QED) is 0.392. The van der Waals surface area contributed by atoms with E-state index < -0.39 is 0 Å². The molecule has 2 heterocycles. The molecule has 2 saturated heterocycles. The van der Waals surface area contributed by atoms with Crippen LogP contribution >= 0.6 is 0 Å². The van der Waals surface area contributed by atoms with Gasteiger partial charge in [-0.3, -0.25) is 4.79 Å². The lowest BCUT2D eigenvalue weighted by Gasteiger charge is -2.25. The number of hydrogen-bond donors (Lipinski definition) is 0. The highest BCUT2D eigenvalue weighted by Crippen LogP contribution is 2.30. The molecule has 2 atom stereocenters. The van der Waals surface area contributed by atoms with Gasteiger partial charge in [0, 0.05) is 32.6 Å². The highest BCUT2D eigenvalue weighted by molar-refractivity contribution is 6.08. The molecule has 0 bridgehead atoms. The number of benzene rings is 2. The molecular weight excluding hydrogens is 418 g/mol. The molecule has 4 rings (SSSR count). The maximum absolute atomic E-state index is 13.2. The molecule has 6 nitrogen and oxygen atoms in total. The van der Waals surface area contributed by atoms with Crippen LogP contribution in [0.4, 0.5) is 5.69 Å². The molecule has 6 heteroatoms. The number of rotatable bonds is 8. The number of nitrogens with zero attached hydrogens (tertiary/aromatic N) is 1. The van der Waals surface area contributed by atoms with Crippen molar-refractivity contribution in [2.24, 2.45) is 0 Å². The molecule has 176 valence electrons. The van der Waals surface area contributed by atoms with E-state index >= 15 is 0 Å². The third-order valence-electron chi connectivity index (χ3n) is 5.85.